The highest BCUT2D eigenvalue weighted by Gasteiger charge is 2.32. The molecule has 2 atom stereocenters. The monoisotopic (exact) mass is 208 g/mol. The molecule has 2 rings (SSSR count). The van der Waals surface area contributed by atoms with E-state index in [-0.39, 0.29) is 17.9 Å². The standard InChI is InChI=1S/C12H16O3/c1-8(13)15-12-4-2-3-9-5-6-10(14)7-11(9)12/h7,9,12H,2-6H2,1H3/t9-,12-/m1/s1. The van der Waals surface area contributed by atoms with Gasteiger partial charge in [-0.05, 0) is 43.3 Å². The molecule has 2 aliphatic carbocycles. The van der Waals surface area contributed by atoms with Crippen LogP contribution in [-0.4, -0.2) is 17.9 Å². The van der Waals surface area contributed by atoms with Crippen molar-refractivity contribution in [2.75, 3.05) is 0 Å². The largest absolute Gasteiger partial charge is 0.458 e. The zero-order valence-electron chi connectivity index (χ0n) is 8.99. The number of hydrogen-bond acceptors (Lipinski definition) is 3. The van der Waals surface area contributed by atoms with Gasteiger partial charge in [-0.3, -0.25) is 9.59 Å². The molecule has 3 nitrogen and oxygen atoms in total. The molecule has 0 saturated heterocycles. The Morgan fingerprint density at radius 3 is 2.93 bits per heavy atom. The van der Waals surface area contributed by atoms with Gasteiger partial charge >= 0.3 is 5.97 Å². The smallest absolute Gasteiger partial charge is 0.303 e. The number of esters is 1. The van der Waals surface area contributed by atoms with Gasteiger partial charge in [0, 0.05) is 13.3 Å². The van der Waals surface area contributed by atoms with Crippen LogP contribution in [0.5, 0.6) is 0 Å². The van der Waals surface area contributed by atoms with E-state index in [0.29, 0.717) is 12.3 Å². The van der Waals surface area contributed by atoms with Crippen molar-refractivity contribution >= 4 is 11.8 Å². The molecule has 0 amide bonds. The van der Waals surface area contributed by atoms with Crippen molar-refractivity contribution in [3.05, 3.63) is 11.6 Å². The molecule has 1 saturated carbocycles. The Hall–Kier alpha value is -1.12. The van der Waals surface area contributed by atoms with Crippen LogP contribution in [0.3, 0.4) is 0 Å². The third kappa shape index (κ3) is 2.28. The van der Waals surface area contributed by atoms with E-state index in [1.807, 2.05) is 0 Å². The Labute approximate surface area is 89.5 Å². The Kier molecular flexibility index (Phi) is 2.89. The van der Waals surface area contributed by atoms with Gasteiger partial charge in [0.2, 0.25) is 0 Å². The first-order valence-electron chi connectivity index (χ1n) is 5.58. The van der Waals surface area contributed by atoms with Crippen molar-refractivity contribution in [2.24, 2.45) is 5.92 Å². The second-order valence-corrected chi connectivity index (χ2v) is 4.38. The summed E-state index contributed by atoms with van der Waals surface area (Å²) < 4.78 is 5.25. The lowest BCUT2D eigenvalue weighted by Crippen LogP contribution is -2.31. The maximum absolute atomic E-state index is 11.3. The fraction of sp³-hybridized carbons (Fsp3) is 0.667. The van der Waals surface area contributed by atoms with Crippen molar-refractivity contribution in [1.29, 1.82) is 0 Å². The highest BCUT2D eigenvalue weighted by molar-refractivity contribution is 5.91. The maximum Gasteiger partial charge on any atom is 0.303 e. The van der Waals surface area contributed by atoms with Crippen LogP contribution in [0.4, 0.5) is 0 Å². The lowest BCUT2D eigenvalue weighted by atomic mass is 9.76. The van der Waals surface area contributed by atoms with Crippen molar-refractivity contribution < 1.29 is 14.3 Å². The molecule has 0 aliphatic heterocycles. The SMILES string of the molecule is CC(=O)O[C@@H]1CCC[C@@H]2CCC(=O)C=C21. The Morgan fingerprint density at radius 2 is 2.20 bits per heavy atom. The van der Waals surface area contributed by atoms with E-state index < -0.39 is 0 Å². The molecule has 0 aromatic carbocycles. The molecule has 0 aromatic rings. The minimum Gasteiger partial charge on any atom is -0.458 e. The van der Waals surface area contributed by atoms with Gasteiger partial charge in [0.1, 0.15) is 6.10 Å². The fourth-order valence-corrected chi connectivity index (χ4v) is 2.57. The number of allylic oxidation sites excluding steroid dienone is 1. The summed E-state index contributed by atoms with van der Waals surface area (Å²) >= 11 is 0. The number of ether oxygens (including phenoxy) is 1. The summed E-state index contributed by atoms with van der Waals surface area (Å²) in [5.41, 5.74) is 1.06. The average molecular weight is 208 g/mol. The predicted molar refractivity (Wildman–Crippen MR) is 55.2 cm³/mol. The lowest BCUT2D eigenvalue weighted by molar-refractivity contribution is -0.146. The van der Waals surface area contributed by atoms with Crippen LogP contribution in [0.2, 0.25) is 0 Å². The van der Waals surface area contributed by atoms with Gasteiger partial charge in [0.15, 0.2) is 5.78 Å². The van der Waals surface area contributed by atoms with E-state index in [9.17, 15) is 9.59 Å². The Bertz CT molecular complexity index is 317. The normalized spacial score (nSPS) is 30.5. The summed E-state index contributed by atoms with van der Waals surface area (Å²) in [6.45, 7) is 1.43. The van der Waals surface area contributed by atoms with Gasteiger partial charge in [-0.25, -0.2) is 0 Å². The molecule has 15 heavy (non-hydrogen) atoms. The highest BCUT2D eigenvalue weighted by Crippen LogP contribution is 2.37. The predicted octanol–water partition coefficient (Wildman–Crippen LogP) is 2.01. The van der Waals surface area contributed by atoms with E-state index >= 15 is 0 Å². The maximum atomic E-state index is 11.3. The third-order valence-corrected chi connectivity index (χ3v) is 3.24. The van der Waals surface area contributed by atoms with E-state index in [4.69, 9.17) is 4.74 Å². The van der Waals surface area contributed by atoms with Crippen LogP contribution in [-0.2, 0) is 14.3 Å². The van der Waals surface area contributed by atoms with Gasteiger partial charge < -0.3 is 4.74 Å². The molecular formula is C12H16O3. The van der Waals surface area contributed by atoms with Gasteiger partial charge in [-0.2, -0.15) is 0 Å². The molecule has 3 heteroatoms. The van der Waals surface area contributed by atoms with Crippen LogP contribution < -0.4 is 0 Å². The van der Waals surface area contributed by atoms with E-state index in [0.717, 1.165) is 31.3 Å². The summed E-state index contributed by atoms with van der Waals surface area (Å²) in [5, 5.41) is 0. The molecule has 2 aliphatic rings. The second-order valence-electron chi connectivity index (χ2n) is 4.38. The van der Waals surface area contributed by atoms with Crippen molar-refractivity contribution in [2.45, 2.75) is 45.1 Å². The van der Waals surface area contributed by atoms with Crippen LogP contribution >= 0.6 is 0 Å². The molecule has 0 bridgehead atoms. The molecular weight excluding hydrogens is 192 g/mol. The van der Waals surface area contributed by atoms with Crippen LogP contribution in [0.25, 0.3) is 0 Å². The quantitative estimate of drug-likeness (QED) is 0.619. The number of rotatable bonds is 1. The van der Waals surface area contributed by atoms with Crippen molar-refractivity contribution in [3.8, 4) is 0 Å². The van der Waals surface area contributed by atoms with Crippen molar-refractivity contribution in [3.63, 3.8) is 0 Å². The molecule has 0 aromatic heterocycles. The van der Waals surface area contributed by atoms with Crippen LogP contribution in [0, 0.1) is 5.92 Å². The minimum atomic E-state index is -0.250. The molecule has 0 unspecified atom stereocenters. The summed E-state index contributed by atoms with van der Waals surface area (Å²) in [4.78, 5) is 22.3. The first kappa shape index (κ1) is 10.4. The summed E-state index contributed by atoms with van der Waals surface area (Å²) in [6.07, 6.45) is 6.26. The van der Waals surface area contributed by atoms with Crippen LogP contribution in [0.1, 0.15) is 39.0 Å². The van der Waals surface area contributed by atoms with Crippen molar-refractivity contribution in [1.82, 2.24) is 0 Å². The first-order chi connectivity index (χ1) is 7.16. The summed E-state index contributed by atoms with van der Waals surface area (Å²) in [7, 11) is 0. The second kappa shape index (κ2) is 4.17. The minimum absolute atomic E-state index is 0.134. The van der Waals surface area contributed by atoms with Crippen LogP contribution in [0.15, 0.2) is 11.6 Å². The number of carbonyl (C=O) groups is 2. The molecule has 0 heterocycles. The fourth-order valence-electron chi connectivity index (χ4n) is 2.57. The molecule has 82 valence electrons. The number of ketones is 1. The molecule has 0 spiro atoms. The number of hydrogen-bond donors (Lipinski definition) is 0. The molecule has 0 radical (unpaired) electrons. The Morgan fingerprint density at radius 1 is 1.40 bits per heavy atom. The zero-order valence-corrected chi connectivity index (χ0v) is 8.99. The highest BCUT2D eigenvalue weighted by atomic mass is 16.5. The van der Waals surface area contributed by atoms with Gasteiger partial charge in [-0.1, -0.05) is 0 Å². The topological polar surface area (TPSA) is 43.4 Å². The molecule has 0 N–H and O–H groups in total. The van der Waals surface area contributed by atoms with Gasteiger partial charge in [0.25, 0.3) is 0 Å². The third-order valence-electron chi connectivity index (χ3n) is 3.24. The number of fused-ring (bicyclic) bond motifs is 1. The average Bonchev–Trinajstić information content (AvgIpc) is 2.18. The van der Waals surface area contributed by atoms with E-state index in [2.05, 4.69) is 0 Å². The molecule has 1 fully saturated rings. The zero-order chi connectivity index (χ0) is 10.8. The van der Waals surface area contributed by atoms with Gasteiger partial charge in [0.05, 0.1) is 0 Å². The summed E-state index contributed by atoms with van der Waals surface area (Å²) in [5.74, 6) is 0.403. The van der Waals surface area contributed by atoms with E-state index in [1.54, 1.807) is 6.08 Å². The Balaban J connectivity index is 2.16. The van der Waals surface area contributed by atoms with Gasteiger partial charge in [-0.15, -0.1) is 0 Å². The number of carbonyl (C=O) groups excluding carboxylic acids is 2. The lowest BCUT2D eigenvalue weighted by Gasteiger charge is -2.34. The first-order valence-corrected chi connectivity index (χ1v) is 5.58. The summed E-state index contributed by atoms with van der Waals surface area (Å²) in [6, 6.07) is 0. The van der Waals surface area contributed by atoms with E-state index in [1.165, 1.54) is 6.92 Å².